The summed E-state index contributed by atoms with van der Waals surface area (Å²) in [4.78, 5) is 38.7. The molecule has 1 aromatic carbocycles. The zero-order valence-electron chi connectivity index (χ0n) is 25.9. The largest absolute Gasteiger partial charge is 0.487 e. The SMILES string of the molecule is COC(=O)c1cc2c(cc1C(=O)OC)OCCOCCOCCN(CCNC(=O)OC(C)(C)C)CCOCCOCCO2. The molecule has 14 heteroatoms. The molecule has 0 aliphatic carbocycles. The molecule has 0 saturated heterocycles. The molecule has 0 radical (unpaired) electrons. The highest BCUT2D eigenvalue weighted by Gasteiger charge is 2.23. The van der Waals surface area contributed by atoms with Crippen molar-refractivity contribution in [3.63, 3.8) is 0 Å². The van der Waals surface area contributed by atoms with Gasteiger partial charge in [-0.25, -0.2) is 14.4 Å². The number of rotatable bonds is 5. The highest BCUT2D eigenvalue weighted by molar-refractivity contribution is 6.04. The zero-order chi connectivity index (χ0) is 31.5. The number of nitrogens with one attached hydrogen (secondary N) is 1. The lowest BCUT2D eigenvalue weighted by Crippen LogP contribution is -2.40. The maximum atomic E-state index is 12.3. The van der Waals surface area contributed by atoms with Gasteiger partial charge in [0.2, 0.25) is 0 Å². The first kappa shape index (κ1) is 36.0. The summed E-state index contributed by atoms with van der Waals surface area (Å²) in [5.74, 6) is -0.959. The van der Waals surface area contributed by atoms with Crippen molar-refractivity contribution in [3.05, 3.63) is 23.3 Å². The fourth-order valence-corrected chi connectivity index (χ4v) is 3.76. The average molecular weight is 615 g/mol. The van der Waals surface area contributed by atoms with E-state index in [9.17, 15) is 14.4 Å². The van der Waals surface area contributed by atoms with E-state index >= 15 is 0 Å². The number of hydrogen-bond donors (Lipinski definition) is 1. The minimum Gasteiger partial charge on any atom is -0.487 e. The van der Waals surface area contributed by atoms with Crippen LogP contribution in [0, 0.1) is 0 Å². The number of hydrogen-bond acceptors (Lipinski definition) is 13. The number of alkyl carbamates (subject to hydrolysis) is 1. The van der Waals surface area contributed by atoms with E-state index in [1.807, 2.05) is 20.8 Å². The van der Waals surface area contributed by atoms with E-state index in [4.69, 9.17) is 42.6 Å². The van der Waals surface area contributed by atoms with Crippen LogP contribution < -0.4 is 14.8 Å². The minimum atomic E-state index is -0.719. The van der Waals surface area contributed by atoms with Crippen LogP contribution in [0.1, 0.15) is 41.5 Å². The first-order valence-corrected chi connectivity index (χ1v) is 14.2. The van der Waals surface area contributed by atoms with E-state index in [1.165, 1.54) is 26.4 Å². The summed E-state index contributed by atoms with van der Waals surface area (Å²) in [5, 5.41) is 2.77. The molecular formula is C29H46N2O12. The maximum Gasteiger partial charge on any atom is 0.407 e. The van der Waals surface area contributed by atoms with Crippen molar-refractivity contribution >= 4 is 18.0 Å². The lowest BCUT2D eigenvalue weighted by molar-refractivity contribution is 0.0182. The summed E-state index contributed by atoms with van der Waals surface area (Å²) in [6.07, 6.45) is -0.456. The molecule has 1 aromatic rings. The summed E-state index contributed by atoms with van der Waals surface area (Å²) in [6.45, 7) is 11.0. The monoisotopic (exact) mass is 614 g/mol. The Labute approximate surface area is 253 Å². The standard InChI is InChI=1S/C29H46N2O12/c1-29(2,3)43-28(34)30-6-7-31-8-10-37-12-14-39-16-18-41-24-20-22(26(32)35-4)23(27(33)36-5)21-25(24)42-19-17-40-15-13-38-11-9-31/h20-21H,6-19H2,1-5H3,(H,30,34). The van der Waals surface area contributed by atoms with Crippen molar-refractivity contribution in [1.29, 1.82) is 0 Å². The van der Waals surface area contributed by atoms with Crippen molar-refractivity contribution < 1.29 is 57.0 Å². The van der Waals surface area contributed by atoms with Crippen molar-refractivity contribution in [2.24, 2.45) is 0 Å². The van der Waals surface area contributed by atoms with Gasteiger partial charge in [0.1, 0.15) is 18.8 Å². The Balaban J connectivity index is 1.95. The number of benzene rings is 1. The van der Waals surface area contributed by atoms with E-state index in [0.29, 0.717) is 65.8 Å². The molecule has 1 N–H and O–H groups in total. The van der Waals surface area contributed by atoms with Crippen LogP contribution >= 0.6 is 0 Å². The third-order valence-electron chi connectivity index (χ3n) is 5.81. The highest BCUT2D eigenvalue weighted by Crippen LogP contribution is 2.32. The van der Waals surface area contributed by atoms with Gasteiger partial charge >= 0.3 is 18.0 Å². The average Bonchev–Trinajstić information content (AvgIpc) is 2.96. The molecule has 1 heterocycles. The van der Waals surface area contributed by atoms with Crippen LogP contribution in [0.5, 0.6) is 11.5 Å². The number of nitrogens with zero attached hydrogens (tertiary/aromatic N) is 1. The third-order valence-corrected chi connectivity index (χ3v) is 5.81. The normalized spacial score (nSPS) is 17.1. The van der Waals surface area contributed by atoms with Crippen molar-refractivity contribution in [1.82, 2.24) is 10.2 Å². The number of carbonyl (C=O) groups is 3. The van der Waals surface area contributed by atoms with Gasteiger partial charge < -0.3 is 47.9 Å². The second-order valence-corrected chi connectivity index (χ2v) is 10.2. The second-order valence-electron chi connectivity index (χ2n) is 10.2. The molecule has 14 nitrogen and oxygen atoms in total. The molecule has 0 aromatic heterocycles. The quantitative estimate of drug-likeness (QED) is 0.381. The molecule has 0 atom stereocenters. The van der Waals surface area contributed by atoms with Crippen LogP contribution in [0.3, 0.4) is 0 Å². The van der Waals surface area contributed by atoms with Gasteiger partial charge in [0.15, 0.2) is 11.5 Å². The zero-order valence-corrected chi connectivity index (χ0v) is 25.9. The Hall–Kier alpha value is -3.17. The summed E-state index contributed by atoms with van der Waals surface area (Å²) in [5.41, 5.74) is -0.586. The van der Waals surface area contributed by atoms with Gasteiger partial charge in [0.25, 0.3) is 0 Å². The molecule has 0 fully saturated rings. The first-order valence-electron chi connectivity index (χ1n) is 14.2. The Morgan fingerprint density at radius 2 is 1.14 bits per heavy atom. The molecule has 0 unspecified atom stereocenters. The molecule has 1 aliphatic heterocycles. The molecule has 244 valence electrons. The fraction of sp³-hybridized carbons (Fsp3) is 0.690. The lowest BCUT2D eigenvalue weighted by atomic mass is 10.1. The Bertz CT molecular complexity index is 937. The number of fused-ring (bicyclic) bond motifs is 1. The Kier molecular flexibility index (Phi) is 16.7. The van der Waals surface area contributed by atoms with Crippen molar-refractivity contribution in [2.75, 3.05) is 106 Å². The molecule has 43 heavy (non-hydrogen) atoms. The highest BCUT2D eigenvalue weighted by atomic mass is 16.6. The predicted octanol–water partition coefficient (Wildman–Crippen LogP) is 1.92. The van der Waals surface area contributed by atoms with E-state index in [-0.39, 0.29) is 49.1 Å². The smallest absolute Gasteiger partial charge is 0.407 e. The number of carbonyl (C=O) groups excluding carboxylic acids is 3. The molecule has 0 bridgehead atoms. The van der Waals surface area contributed by atoms with E-state index in [2.05, 4.69) is 10.2 Å². The van der Waals surface area contributed by atoms with Gasteiger partial charge in [0, 0.05) is 26.2 Å². The minimum absolute atomic E-state index is 0.0143. The molecule has 1 amide bonds. The van der Waals surface area contributed by atoms with Crippen molar-refractivity contribution in [3.8, 4) is 11.5 Å². The van der Waals surface area contributed by atoms with Crippen LogP contribution in [0.4, 0.5) is 4.79 Å². The van der Waals surface area contributed by atoms with Crippen molar-refractivity contribution in [2.45, 2.75) is 26.4 Å². The number of ether oxygens (including phenoxy) is 9. The first-order chi connectivity index (χ1) is 20.6. The van der Waals surface area contributed by atoms with Crippen LogP contribution in [0.15, 0.2) is 12.1 Å². The van der Waals surface area contributed by atoms with Gasteiger partial charge in [-0.05, 0) is 32.9 Å². The predicted molar refractivity (Wildman–Crippen MR) is 154 cm³/mol. The van der Waals surface area contributed by atoms with Gasteiger partial charge in [-0.3, -0.25) is 4.90 Å². The molecule has 0 saturated carbocycles. The fourth-order valence-electron chi connectivity index (χ4n) is 3.76. The molecule has 1 aliphatic rings. The van der Waals surface area contributed by atoms with E-state index in [1.54, 1.807) is 0 Å². The number of amides is 1. The topological polar surface area (TPSA) is 150 Å². The number of methoxy groups -OCH3 is 2. The van der Waals surface area contributed by atoms with Gasteiger partial charge in [-0.15, -0.1) is 0 Å². The Morgan fingerprint density at radius 3 is 1.56 bits per heavy atom. The van der Waals surface area contributed by atoms with Gasteiger partial charge in [0.05, 0.1) is 78.2 Å². The lowest BCUT2D eigenvalue weighted by Gasteiger charge is -2.23. The van der Waals surface area contributed by atoms with E-state index < -0.39 is 23.6 Å². The maximum absolute atomic E-state index is 12.3. The molecular weight excluding hydrogens is 568 g/mol. The van der Waals surface area contributed by atoms with Gasteiger partial charge in [-0.1, -0.05) is 0 Å². The van der Waals surface area contributed by atoms with Gasteiger partial charge in [-0.2, -0.15) is 0 Å². The number of esters is 2. The second kappa shape index (κ2) is 19.9. The summed E-state index contributed by atoms with van der Waals surface area (Å²) in [6, 6.07) is 2.77. The molecule has 0 spiro atoms. The third kappa shape index (κ3) is 14.7. The summed E-state index contributed by atoms with van der Waals surface area (Å²) >= 11 is 0. The summed E-state index contributed by atoms with van der Waals surface area (Å²) < 4.78 is 49.2. The van der Waals surface area contributed by atoms with Crippen LogP contribution in [0.2, 0.25) is 0 Å². The molecule has 2 rings (SSSR count). The Morgan fingerprint density at radius 1 is 0.721 bits per heavy atom. The van der Waals surface area contributed by atoms with Crippen LogP contribution in [0.25, 0.3) is 0 Å². The summed E-state index contributed by atoms with van der Waals surface area (Å²) in [7, 11) is 2.43. The van der Waals surface area contributed by atoms with Crippen LogP contribution in [-0.2, 0) is 33.2 Å². The van der Waals surface area contributed by atoms with E-state index in [0.717, 1.165) is 0 Å². The van der Waals surface area contributed by atoms with Crippen LogP contribution in [-0.4, -0.2) is 135 Å².